The third-order valence-corrected chi connectivity index (χ3v) is 3.02. The number of carbonyl (C=O) groups is 2. The Bertz CT molecular complexity index is 428. The van der Waals surface area contributed by atoms with Gasteiger partial charge in [0.05, 0.1) is 6.61 Å². The number of anilines is 1. The number of benzene rings is 1. The highest BCUT2D eigenvalue weighted by Gasteiger charge is 2.24. The van der Waals surface area contributed by atoms with Gasteiger partial charge in [0.2, 0.25) is 11.8 Å². The molecule has 0 radical (unpaired) electrons. The van der Waals surface area contributed by atoms with E-state index in [4.69, 9.17) is 10.8 Å². The quantitative estimate of drug-likeness (QED) is 0.724. The largest absolute Gasteiger partial charge is 0.392 e. The molecule has 1 rings (SSSR count). The summed E-state index contributed by atoms with van der Waals surface area (Å²) in [5, 5.41) is 11.6. The van der Waals surface area contributed by atoms with E-state index in [0.29, 0.717) is 5.69 Å². The Labute approximate surface area is 106 Å². The minimum atomic E-state index is -0.512. The Morgan fingerprint density at radius 1 is 1.22 bits per heavy atom. The van der Waals surface area contributed by atoms with Gasteiger partial charge < -0.3 is 16.2 Å². The second-order valence-electron chi connectivity index (χ2n) is 4.32. The monoisotopic (exact) mass is 250 g/mol. The number of aliphatic hydroxyl groups is 1. The minimum Gasteiger partial charge on any atom is -0.392 e. The number of hydrogen-bond donors (Lipinski definition) is 3. The molecule has 98 valence electrons. The Balaban J connectivity index is 2.66. The highest BCUT2D eigenvalue weighted by molar-refractivity contribution is 5.95. The van der Waals surface area contributed by atoms with Gasteiger partial charge in [0.25, 0.3) is 0 Å². The van der Waals surface area contributed by atoms with Crippen LogP contribution in [0.25, 0.3) is 0 Å². The van der Waals surface area contributed by atoms with Crippen molar-refractivity contribution in [3.05, 3.63) is 29.8 Å². The predicted molar refractivity (Wildman–Crippen MR) is 68.5 cm³/mol. The first kappa shape index (κ1) is 14.2. The average Bonchev–Trinajstić information content (AvgIpc) is 2.37. The molecule has 0 spiro atoms. The Hall–Kier alpha value is -1.88. The van der Waals surface area contributed by atoms with Crippen molar-refractivity contribution >= 4 is 17.5 Å². The minimum absolute atomic E-state index is 0.0384. The fourth-order valence-corrected chi connectivity index (χ4v) is 1.42. The molecule has 1 aromatic rings. The molecule has 0 bridgehead atoms. The van der Waals surface area contributed by atoms with Crippen LogP contribution < -0.4 is 11.1 Å². The van der Waals surface area contributed by atoms with Crippen LogP contribution in [0.4, 0.5) is 5.69 Å². The smallest absolute Gasteiger partial charge is 0.227 e. The molecule has 0 fully saturated rings. The molecule has 4 N–H and O–H groups in total. The summed E-state index contributed by atoms with van der Waals surface area (Å²) in [6.07, 6.45) is 0. The van der Waals surface area contributed by atoms with E-state index in [-0.39, 0.29) is 12.5 Å². The van der Waals surface area contributed by atoms with Crippen molar-refractivity contribution in [2.24, 2.45) is 17.6 Å². The summed E-state index contributed by atoms with van der Waals surface area (Å²) < 4.78 is 0. The van der Waals surface area contributed by atoms with E-state index in [0.717, 1.165) is 5.56 Å². The molecule has 0 aliphatic rings. The van der Waals surface area contributed by atoms with Gasteiger partial charge in [-0.25, -0.2) is 0 Å². The van der Waals surface area contributed by atoms with Crippen LogP contribution in [0, 0.1) is 11.8 Å². The van der Waals surface area contributed by atoms with Crippen LogP contribution in [0.5, 0.6) is 0 Å². The van der Waals surface area contributed by atoms with Crippen LogP contribution in [0.3, 0.4) is 0 Å². The fraction of sp³-hybridized carbons (Fsp3) is 0.385. The third-order valence-electron chi connectivity index (χ3n) is 3.02. The summed E-state index contributed by atoms with van der Waals surface area (Å²) >= 11 is 0. The normalized spacial score (nSPS) is 13.7. The van der Waals surface area contributed by atoms with E-state index in [1.165, 1.54) is 0 Å². The zero-order valence-corrected chi connectivity index (χ0v) is 10.5. The second-order valence-corrected chi connectivity index (χ2v) is 4.32. The molecule has 2 atom stereocenters. The maximum atomic E-state index is 11.8. The molecule has 5 heteroatoms. The lowest BCUT2D eigenvalue weighted by molar-refractivity contribution is -0.129. The fourth-order valence-electron chi connectivity index (χ4n) is 1.42. The maximum Gasteiger partial charge on any atom is 0.227 e. The van der Waals surface area contributed by atoms with Gasteiger partial charge in [-0.2, -0.15) is 0 Å². The number of primary amides is 1. The van der Waals surface area contributed by atoms with E-state index < -0.39 is 17.7 Å². The Morgan fingerprint density at radius 2 is 1.78 bits per heavy atom. The molecule has 0 saturated heterocycles. The molecule has 0 heterocycles. The zero-order chi connectivity index (χ0) is 13.7. The third kappa shape index (κ3) is 3.56. The van der Waals surface area contributed by atoms with E-state index in [1.807, 2.05) is 0 Å². The van der Waals surface area contributed by atoms with Gasteiger partial charge >= 0.3 is 0 Å². The van der Waals surface area contributed by atoms with Crippen molar-refractivity contribution in [3.8, 4) is 0 Å². The lowest BCUT2D eigenvalue weighted by Crippen LogP contribution is -2.33. The van der Waals surface area contributed by atoms with Crippen molar-refractivity contribution in [1.29, 1.82) is 0 Å². The van der Waals surface area contributed by atoms with Crippen molar-refractivity contribution in [3.63, 3.8) is 0 Å². The molecule has 5 nitrogen and oxygen atoms in total. The lowest BCUT2D eigenvalue weighted by Gasteiger charge is -2.16. The number of hydrogen-bond acceptors (Lipinski definition) is 3. The summed E-state index contributed by atoms with van der Waals surface area (Å²) in [5.74, 6) is -1.74. The van der Waals surface area contributed by atoms with Gasteiger partial charge in [0.15, 0.2) is 0 Å². The number of nitrogens with one attached hydrogen (secondary N) is 1. The van der Waals surface area contributed by atoms with Gasteiger partial charge in [0.1, 0.15) is 0 Å². The molecule has 2 amide bonds. The van der Waals surface area contributed by atoms with Crippen molar-refractivity contribution < 1.29 is 14.7 Å². The number of aliphatic hydroxyl groups excluding tert-OH is 1. The van der Waals surface area contributed by atoms with E-state index in [1.54, 1.807) is 38.1 Å². The highest BCUT2D eigenvalue weighted by Crippen LogP contribution is 2.15. The summed E-state index contributed by atoms with van der Waals surface area (Å²) in [7, 11) is 0. The standard InChI is InChI=1S/C13H18N2O3/c1-8(12(14)17)9(2)13(18)15-11-5-3-10(7-16)4-6-11/h3-6,8-9,16H,7H2,1-2H3,(H2,14,17)(H,15,18)/t8?,9-/m0/s1. The summed E-state index contributed by atoms with van der Waals surface area (Å²) in [6, 6.07) is 6.84. The molecule has 0 saturated carbocycles. The number of nitrogens with two attached hydrogens (primary N) is 1. The maximum absolute atomic E-state index is 11.8. The van der Waals surface area contributed by atoms with Crippen LogP contribution in [0.2, 0.25) is 0 Å². The van der Waals surface area contributed by atoms with E-state index in [2.05, 4.69) is 5.32 Å². The van der Waals surface area contributed by atoms with Gasteiger partial charge in [-0.1, -0.05) is 26.0 Å². The molecule has 1 unspecified atom stereocenters. The molecule has 1 aromatic carbocycles. The Morgan fingerprint density at radius 3 is 2.22 bits per heavy atom. The van der Waals surface area contributed by atoms with Crippen molar-refractivity contribution in [1.82, 2.24) is 0 Å². The van der Waals surface area contributed by atoms with Crippen LogP contribution >= 0.6 is 0 Å². The van der Waals surface area contributed by atoms with E-state index >= 15 is 0 Å². The first-order valence-corrected chi connectivity index (χ1v) is 5.75. The molecular weight excluding hydrogens is 232 g/mol. The van der Waals surface area contributed by atoms with Crippen LogP contribution in [0.1, 0.15) is 19.4 Å². The lowest BCUT2D eigenvalue weighted by atomic mass is 9.94. The van der Waals surface area contributed by atoms with Gasteiger partial charge in [-0.3, -0.25) is 9.59 Å². The summed E-state index contributed by atoms with van der Waals surface area (Å²) in [4.78, 5) is 22.8. The number of rotatable bonds is 5. The first-order valence-electron chi connectivity index (χ1n) is 5.75. The van der Waals surface area contributed by atoms with Gasteiger partial charge in [-0.05, 0) is 17.7 Å². The van der Waals surface area contributed by atoms with Crippen molar-refractivity contribution in [2.75, 3.05) is 5.32 Å². The first-order chi connectivity index (χ1) is 8.45. The highest BCUT2D eigenvalue weighted by atomic mass is 16.3. The molecule has 18 heavy (non-hydrogen) atoms. The van der Waals surface area contributed by atoms with Gasteiger partial charge in [0, 0.05) is 17.5 Å². The number of carbonyl (C=O) groups excluding carboxylic acids is 2. The SMILES string of the molecule is CC(C(N)=O)[C@H](C)C(=O)Nc1ccc(CO)cc1. The molecule has 0 aliphatic carbocycles. The summed E-state index contributed by atoms with van der Waals surface area (Å²) in [5.41, 5.74) is 6.55. The summed E-state index contributed by atoms with van der Waals surface area (Å²) in [6.45, 7) is 3.25. The van der Waals surface area contributed by atoms with Gasteiger partial charge in [-0.15, -0.1) is 0 Å². The molecule has 0 aromatic heterocycles. The van der Waals surface area contributed by atoms with Crippen LogP contribution in [-0.4, -0.2) is 16.9 Å². The van der Waals surface area contributed by atoms with E-state index in [9.17, 15) is 9.59 Å². The topological polar surface area (TPSA) is 92.4 Å². The average molecular weight is 250 g/mol. The second kappa shape index (κ2) is 6.16. The van der Waals surface area contributed by atoms with Crippen LogP contribution in [-0.2, 0) is 16.2 Å². The Kier molecular flexibility index (Phi) is 4.85. The zero-order valence-electron chi connectivity index (χ0n) is 10.5. The predicted octanol–water partition coefficient (Wildman–Crippen LogP) is 0.875. The molecule has 0 aliphatic heterocycles. The van der Waals surface area contributed by atoms with Crippen LogP contribution in [0.15, 0.2) is 24.3 Å². The van der Waals surface area contributed by atoms with Crippen molar-refractivity contribution in [2.45, 2.75) is 20.5 Å². The molecular formula is C13H18N2O3. The number of amides is 2.